The summed E-state index contributed by atoms with van der Waals surface area (Å²) < 4.78 is 13.1. The number of halogens is 1. The molecule has 0 saturated carbocycles. The monoisotopic (exact) mass is 336 g/mol. The second kappa shape index (κ2) is 6.89. The summed E-state index contributed by atoms with van der Waals surface area (Å²) >= 11 is 0. The third kappa shape index (κ3) is 4.12. The first kappa shape index (κ1) is 16.9. The molecule has 0 aliphatic carbocycles. The lowest BCUT2D eigenvalue weighted by molar-refractivity contribution is 0.553. The van der Waals surface area contributed by atoms with Crippen LogP contribution in [0, 0.1) is 5.82 Å². The average molecular weight is 336 g/mol. The quantitative estimate of drug-likeness (QED) is 0.731. The van der Waals surface area contributed by atoms with Gasteiger partial charge in [-0.1, -0.05) is 26.0 Å². The summed E-state index contributed by atoms with van der Waals surface area (Å²) in [5, 5.41) is 3.39. The molecule has 1 aromatic carbocycles. The predicted molar refractivity (Wildman–Crippen MR) is 99.8 cm³/mol. The van der Waals surface area contributed by atoms with Crippen LogP contribution in [0.1, 0.15) is 19.4 Å². The second-order valence-corrected chi connectivity index (χ2v) is 6.65. The molecule has 0 fully saturated rings. The first-order chi connectivity index (χ1) is 11.9. The van der Waals surface area contributed by atoms with Gasteiger partial charge in [0.25, 0.3) is 0 Å². The molecule has 25 heavy (non-hydrogen) atoms. The zero-order valence-electron chi connectivity index (χ0n) is 14.3. The van der Waals surface area contributed by atoms with Crippen LogP contribution < -0.4 is 11.1 Å². The van der Waals surface area contributed by atoms with E-state index in [9.17, 15) is 4.39 Å². The number of pyridine rings is 2. The van der Waals surface area contributed by atoms with Gasteiger partial charge in [-0.05, 0) is 42.0 Å². The van der Waals surface area contributed by atoms with Gasteiger partial charge in [-0.15, -0.1) is 0 Å². The molecule has 3 N–H and O–H groups in total. The van der Waals surface area contributed by atoms with Crippen LogP contribution in [0.3, 0.4) is 0 Å². The van der Waals surface area contributed by atoms with Gasteiger partial charge in [-0.3, -0.25) is 4.98 Å². The molecule has 0 aliphatic rings. The van der Waals surface area contributed by atoms with Crippen molar-refractivity contribution in [2.45, 2.75) is 19.3 Å². The lowest BCUT2D eigenvalue weighted by Gasteiger charge is -2.26. The molecule has 2 aromatic heterocycles. The molecule has 0 amide bonds. The summed E-state index contributed by atoms with van der Waals surface area (Å²) in [6.45, 7) is 4.95. The minimum Gasteiger partial charge on any atom is -0.384 e. The van der Waals surface area contributed by atoms with Gasteiger partial charge in [0.15, 0.2) is 0 Å². The van der Waals surface area contributed by atoms with Crippen LogP contribution in [0.5, 0.6) is 0 Å². The zero-order chi connectivity index (χ0) is 17.9. The van der Waals surface area contributed by atoms with Crippen molar-refractivity contribution >= 4 is 11.5 Å². The number of rotatable bonds is 5. The third-order valence-corrected chi connectivity index (χ3v) is 4.20. The fraction of sp³-hybridized carbons (Fsp3) is 0.200. The van der Waals surface area contributed by atoms with E-state index < -0.39 is 0 Å². The van der Waals surface area contributed by atoms with E-state index >= 15 is 0 Å². The van der Waals surface area contributed by atoms with Gasteiger partial charge in [0, 0.05) is 23.7 Å². The average Bonchev–Trinajstić information content (AvgIpc) is 2.61. The maximum atomic E-state index is 13.1. The molecular formula is C20H21FN4. The number of nitrogens with two attached hydrogens (primary N) is 1. The van der Waals surface area contributed by atoms with Crippen molar-refractivity contribution in [1.82, 2.24) is 9.97 Å². The molecule has 0 spiro atoms. The lowest BCUT2D eigenvalue weighted by Crippen LogP contribution is -2.27. The van der Waals surface area contributed by atoms with Crippen LogP contribution in [0.15, 0.2) is 60.9 Å². The smallest absolute Gasteiger partial charge is 0.123 e. The Bertz CT molecular complexity index is 842. The SMILES string of the molecule is CC(C)(CNc1ccc(-c2ccnc(N)c2)nc1)c1ccc(F)cc1. The van der Waals surface area contributed by atoms with Crippen LogP contribution in [-0.2, 0) is 5.41 Å². The van der Waals surface area contributed by atoms with Crippen molar-refractivity contribution in [3.8, 4) is 11.3 Å². The Kier molecular flexibility index (Phi) is 4.65. The van der Waals surface area contributed by atoms with Crippen molar-refractivity contribution in [2.75, 3.05) is 17.6 Å². The number of aromatic nitrogens is 2. The molecule has 0 aliphatic heterocycles. The van der Waals surface area contributed by atoms with Crippen LogP contribution in [0.2, 0.25) is 0 Å². The lowest BCUT2D eigenvalue weighted by atomic mass is 9.84. The van der Waals surface area contributed by atoms with Gasteiger partial charge >= 0.3 is 0 Å². The standard InChI is InChI=1S/C20H21FN4/c1-20(2,15-3-5-16(21)6-4-15)13-25-17-7-8-18(24-12-17)14-9-10-23-19(22)11-14/h3-12,25H,13H2,1-2H3,(H2,22,23). The number of hydrogen-bond donors (Lipinski definition) is 2. The highest BCUT2D eigenvalue weighted by Crippen LogP contribution is 2.25. The number of nitrogens with one attached hydrogen (secondary N) is 1. The number of nitrogens with zero attached hydrogens (tertiary/aromatic N) is 2. The largest absolute Gasteiger partial charge is 0.384 e. The Labute approximate surface area is 146 Å². The van der Waals surface area contributed by atoms with E-state index in [1.807, 2.05) is 30.3 Å². The Balaban J connectivity index is 1.68. The van der Waals surface area contributed by atoms with Crippen molar-refractivity contribution < 1.29 is 4.39 Å². The maximum absolute atomic E-state index is 13.1. The van der Waals surface area contributed by atoms with Crippen LogP contribution in [0.25, 0.3) is 11.3 Å². The molecule has 0 unspecified atom stereocenters. The molecule has 0 atom stereocenters. The molecule has 0 saturated heterocycles. The van der Waals surface area contributed by atoms with Crippen molar-refractivity contribution in [3.05, 3.63) is 72.3 Å². The maximum Gasteiger partial charge on any atom is 0.123 e. The van der Waals surface area contributed by atoms with Crippen LogP contribution in [0.4, 0.5) is 15.9 Å². The van der Waals surface area contributed by atoms with E-state index in [0.29, 0.717) is 12.4 Å². The molecule has 3 rings (SSSR count). The van der Waals surface area contributed by atoms with Crippen molar-refractivity contribution in [3.63, 3.8) is 0 Å². The van der Waals surface area contributed by atoms with E-state index in [1.54, 1.807) is 18.5 Å². The fourth-order valence-electron chi connectivity index (χ4n) is 2.60. The molecule has 0 radical (unpaired) electrons. The van der Waals surface area contributed by atoms with E-state index in [4.69, 9.17) is 5.73 Å². The number of anilines is 2. The molecule has 128 valence electrons. The van der Waals surface area contributed by atoms with Crippen molar-refractivity contribution in [1.29, 1.82) is 0 Å². The van der Waals surface area contributed by atoms with E-state index in [0.717, 1.165) is 22.5 Å². The highest BCUT2D eigenvalue weighted by molar-refractivity contribution is 5.63. The molecule has 0 bridgehead atoms. The van der Waals surface area contributed by atoms with E-state index in [2.05, 4.69) is 29.1 Å². The van der Waals surface area contributed by atoms with E-state index in [1.165, 1.54) is 12.1 Å². The highest BCUT2D eigenvalue weighted by Gasteiger charge is 2.20. The van der Waals surface area contributed by atoms with Gasteiger partial charge < -0.3 is 11.1 Å². The summed E-state index contributed by atoms with van der Waals surface area (Å²) in [6.07, 6.45) is 3.47. The normalized spacial score (nSPS) is 11.3. The number of benzene rings is 1. The Morgan fingerprint density at radius 3 is 2.44 bits per heavy atom. The van der Waals surface area contributed by atoms with Crippen molar-refractivity contribution in [2.24, 2.45) is 0 Å². The van der Waals surface area contributed by atoms with E-state index in [-0.39, 0.29) is 11.2 Å². The Morgan fingerprint density at radius 1 is 1.04 bits per heavy atom. The summed E-state index contributed by atoms with van der Waals surface area (Å²) in [5.74, 6) is 0.256. The Hall–Kier alpha value is -2.95. The van der Waals surface area contributed by atoms with Gasteiger partial charge in [-0.25, -0.2) is 9.37 Å². The summed E-state index contributed by atoms with van der Waals surface area (Å²) in [5.41, 5.74) is 9.37. The minimum absolute atomic E-state index is 0.133. The molecule has 2 heterocycles. The summed E-state index contributed by atoms with van der Waals surface area (Å²) in [4.78, 5) is 8.47. The van der Waals surface area contributed by atoms with Gasteiger partial charge in [0.1, 0.15) is 11.6 Å². The first-order valence-electron chi connectivity index (χ1n) is 8.12. The molecule has 5 heteroatoms. The van der Waals surface area contributed by atoms with Gasteiger partial charge in [0.2, 0.25) is 0 Å². The molecule has 4 nitrogen and oxygen atoms in total. The Morgan fingerprint density at radius 2 is 1.80 bits per heavy atom. The van der Waals surface area contributed by atoms with Crippen LogP contribution >= 0.6 is 0 Å². The first-order valence-corrected chi connectivity index (χ1v) is 8.12. The fourth-order valence-corrected chi connectivity index (χ4v) is 2.60. The zero-order valence-corrected chi connectivity index (χ0v) is 14.3. The van der Waals surface area contributed by atoms with Gasteiger partial charge in [-0.2, -0.15) is 0 Å². The predicted octanol–water partition coefficient (Wildman–Crippen LogP) is 4.25. The summed E-state index contributed by atoms with van der Waals surface area (Å²) in [6, 6.07) is 14.2. The topological polar surface area (TPSA) is 63.8 Å². The number of hydrogen-bond acceptors (Lipinski definition) is 4. The van der Waals surface area contributed by atoms with Crippen LogP contribution in [-0.4, -0.2) is 16.5 Å². The second-order valence-electron chi connectivity index (χ2n) is 6.65. The number of nitrogen functional groups attached to an aromatic ring is 1. The molecular weight excluding hydrogens is 315 g/mol. The molecule has 3 aromatic rings. The van der Waals surface area contributed by atoms with Gasteiger partial charge in [0.05, 0.1) is 17.6 Å². The minimum atomic E-state index is -0.218. The highest BCUT2D eigenvalue weighted by atomic mass is 19.1. The summed E-state index contributed by atoms with van der Waals surface area (Å²) in [7, 11) is 0. The third-order valence-electron chi connectivity index (χ3n) is 4.20.